The first-order valence-corrected chi connectivity index (χ1v) is 7.36. The van der Waals surface area contributed by atoms with Crippen molar-refractivity contribution >= 4 is 17.0 Å². The minimum Gasteiger partial charge on any atom is -0.804 e. The summed E-state index contributed by atoms with van der Waals surface area (Å²) in [4.78, 5) is 24.3. The highest BCUT2D eigenvalue weighted by Gasteiger charge is 2.24. The standard InChI is InChI=1S/C18H13N3O4/c1-11-3-8-14-15(9-11)20(23)16(10-19)17(21(14)24)12-4-6-13(7-5-12)18(22)25-2/h3-9H,1-2H3. The molecule has 7 heteroatoms. The molecule has 0 spiro atoms. The Morgan fingerprint density at radius 1 is 1.24 bits per heavy atom. The van der Waals surface area contributed by atoms with Crippen molar-refractivity contribution in [1.82, 2.24) is 4.73 Å². The van der Waals surface area contributed by atoms with Crippen LogP contribution >= 0.6 is 0 Å². The van der Waals surface area contributed by atoms with Crippen LogP contribution in [-0.2, 0) is 4.74 Å². The Balaban J connectivity index is 2.31. The Morgan fingerprint density at radius 3 is 2.52 bits per heavy atom. The predicted molar refractivity (Wildman–Crippen MR) is 90.3 cm³/mol. The summed E-state index contributed by atoms with van der Waals surface area (Å²) in [5.41, 5.74) is 1.37. The van der Waals surface area contributed by atoms with Gasteiger partial charge in [-0.3, -0.25) is 0 Å². The number of carbonyl (C=O) groups excluding carboxylic acids is 1. The van der Waals surface area contributed by atoms with Crippen molar-refractivity contribution in [3.05, 3.63) is 69.4 Å². The van der Waals surface area contributed by atoms with Gasteiger partial charge in [0.15, 0.2) is 5.69 Å². The highest BCUT2D eigenvalue weighted by Crippen LogP contribution is 2.24. The summed E-state index contributed by atoms with van der Waals surface area (Å²) in [7, 11) is 1.27. The average Bonchev–Trinajstić information content (AvgIpc) is 2.63. The highest BCUT2D eigenvalue weighted by atomic mass is 16.5. The zero-order valence-corrected chi connectivity index (χ0v) is 13.5. The maximum absolute atomic E-state index is 12.8. The van der Waals surface area contributed by atoms with Crippen molar-refractivity contribution < 1.29 is 14.0 Å². The van der Waals surface area contributed by atoms with Gasteiger partial charge in [0.05, 0.1) is 22.7 Å². The third-order valence-corrected chi connectivity index (χ3v) is 3.88. The number of rotatable bonds is 2. The lowest BCUT2D eigenvalue weighted by atomic mass is 10.1. The summed E-state index contributed by atoms with van der Waals surface area (Å²) >= 11 is 0. The van der Waals surface area contributed by atoms with E-state index >= 15 is 0 Å². The molecule has 0 bridgehead atoms. The van der Waals surface area contributed by atoms with Gasteiger partial charge in [0.1, 0.15) is 11.6 Å². The van der Waals surface area contributed by atoms with E-state index in [1.807, 2.05) is 0 Å². The maximum Gasteiger partial charge on any atom is 0.337 e. The van der Waals surface area contributed by atoms with E-state index in [2.05, 4.69) is 4.74 Å². The third kappa shape index (κ3) is 2.60. The van der Waals surface area contributed by atoms with Gasteiger partial charge in [-0.15, -0.1) is 0 Å². The molecule has 0 saturated heterocycles. The van der Waals surface area contributed by atoms with Crippen LogP contribution in [0.25, 0.3) is 22.3 Å². The largest absolute Gasteiger partial charge is 0.804 e. The summed E-state index contributed by atoms with van der Waals surface area (Å²) in [6.45, 7) is 1.79. The van der Waals surface area contributed by atoms with Gasteiger partial charge >= 0.3 is 11.7 Å². The summed E-state index contributed by atoms with van der Waals surface area (Å²) in [6.07, 6.45) is 0. The zero-order valence-electron chi connectivity index (χ0n) is 13.5. The first-order chi connectivity index (χ1) is 12.0. The molecular formula is C18H13N3O4. The van der Waals surface area contributed by atoms with Crippen LogP contribution in [0, 0.1) is 28.4 Å². The fraction of sp³-hybridized carbons (Fsp3) is 0.111. The van der Waals surface area contributed by atoms with Gasteiger partial charge in [0, 0.05) is 11.0 Å². The Morgan fingerprint density at radius 2 is 1.92 bits per heavy atom. The van der Waals surface area contributed by atoms with Crippen LogP contribution < -0.4 is 4.43 Å². The fourth-order valence-electron chi connectivity index (χ4n) is 2.64. The van der Waals surface area contributed by atoms with Crippen molar-refractivity contribution in [2.24, 2.45) is 0 Å². The average molecular weight is 335 g/mol. The van der Waals surface area contributed by atoms with E-state index in [0.29, 0.717) is 20.3 Å². The number of aryl methyl sites for hydroxylation is 1. The van der Waals surface area contributed by atoms with Crippen LogP contribution in [0.15, 0.2) is 42.5 Å². The molecule has 0 atom stereocenters. The molecule has 1 aromatic heterocycles. The SMILES string of the molecule is COC(=O)c1ccc(-c2c(C#N)n([O-])c3cc(C)ccc3[n+]2=O)cc1. The monoisotopic (exact) mass is 335 g/mol. The molecule has 0 unspecified atom stereocenters. The van der Waals surface area contributed by atoms with Gasteiger partial charge in [0.25, 0.3) is 5.52 Å². The molecule has 7 nitrogen and oxygen atoms in total. The van der Waals surface area contributed by atoms with Crippen LogP contribution in [-0.4, -0.2) is 17.8 Å². The molecule has 2 aromatic carbocycles. The van der Waals surface area contributed by atoms with Crippen molar-refractivity contribution in [3.63, 3.8) is 0 Å². The minimum absolute atomic E-state index is 0.0646. The number of hydrogen-bond donors (Lipinski definition) is 0. The number of carbonyl (C=O) groups is 1. The van der Waals surface area contributed by atoms with E-state index in [1.54, 1.807) is 31.2 Å². The number of nitriles is 1. The molecule has 3 rings (SSSR count). The van der Waals surface area contributed by atoms with Gasteiger partial charge in [-0.1, -0.05) is 6.07 Å². The molecule has 0 saturated carbocycles. The number of nitrogens with zero attached hydrogens (tertiary/aromatic N) is 3. The number of benzene rings is 2. The summed E-state index contributed by atoms with van der Waals surface area (Å²) in [5.74, 6) is -0.519. The molecule has 0 radical (unpaired) electrons. The molecule has 1 heterocycles. The molecule has 0 aliphatic carbocycles. The lowest BCUT2D eigenvalue weighted by Crippen LogP contribution is -2.24. The van der Waals surface area contributed by atoms with Crippen molar-refractivity contribution in [2.75, 3.05) is 7.11 Å². The molecule has 3 aromatic rings. The predicted octanol–water partition coefficient (Wildman–Crippen LogP) is 2.54. The fourth-order valence-corrected chi connectivity index (χ4v) is 2.64. The Bertz CT molecular complexity index is 1090. The third-order valence-electron chi connectivity index (χ3n) is 3.88. The second-order valence-corrected chi connectivity index (χ2v) is 5.46. The molecule has 124 valence electrons. The van der Waals surface area contributed by atoms with Crippen LogP contribution in [0.4, 0.5) is 0 Å². The molecule has 0 aliphatic heterocycles. The minimum atomic E-state index is -0.519. The van der Waals surface area contributed by atoms with E-state index in [9.17, 15) is 20.2 Å². The van der Waals surface area contributed by atoms with Gasteiger partial charge in [0.2, 0.25) is 0 Å². The summed E-state index contributed by atoms with van der Waals surface area (Å²) in [5, 5.41) is 21.9. The van der Waals surface area contributed by atoms with Crippen LogP contribution in [0.3, 0.4) is 0 Å². The Kier molecular flexibility index (Phi) is 3.95. The first-order valence-electron chi connectivity index (χ1n) is 7.36. The first kappa shape index (κ1) is 16.2. The molecule has 0 N–H and O–H groups in total. The smallest absolute Gasteiger partial charge is 0.337 e. The quantitative estimate of drug-likeness (QED) is 0.529. The number of fused-ring (bicyclic) bond motifs is 1. The molecule has 0 aliphatic rings. The van der Waals surface area contributed by atoms with Crippen LogP contribution in [0.2, 0.25) is 0 Å². The lowest BCUT2D eigenvalue weighted by molar-refractivity contribution is -0.452. The van der Waals surface area contributed by atoms with Gasteiger partial charge in [-0.05, 0) is 42.8 Å². The highest BCUT2D eigenvalue weighted by molar-refractivity contribution is 5.90. The number of esters is 1. The number of methoxy groups -OCH3 is 1. The van der Waals surface area contributed by atoms with Crippen LogP contribution in [0.5, 0.6) is 0 Å². The van der Waals surface area contributed by atoms with Gasteiger partial charge in [-0.2, -0.15) is 5.26 Å². The normalized spacial score (nSPS) is 10.4. The second kappa shape index (κ2) is 6.09. The molecule has 0 fully saturated rings. The molecule has 0 amide bonds. The lowest BCUT2D eigenvalue weighted by Gasteiger charge is -2.15. The topological polar surface area (TPSA) is 101 Å². The van der Waals surface area contributed by atoms with E-state index in [4.69, 9.17) is 0 Å². The molecule has 25 heavy (non-hydrogen) atoms. The summed E-state index contributed by atoms with van der Waals surface area (Å²) < 4.78 is 5.65. The van der Waals surface area contributed by atoms with Gasteiger partial charge < -0.3 is 14.7 Å². The van der Waals surface area contributed by atoms with E-state index in [-0.39, 0.29) is 22.4 Å². The van der Waals surface area contributed by atoms with E-state index < -0.39 is 5.97 Å². The number of aromatic nitrogens is 2. The van der Waals surface area contributed by atoms with Crippen molar-refractivity contribution in [3.8, 4) is 17.3 Å². The summed E-state index contributed by atoms with van der Waals surface area (Å²) in [6, 6.07) is 12.5. The second-order valence-electron chi connectivity index (χ2n) is 5.46. The zero-order chi connectivity index (χ0) is 18.1. The Hall–Kier alpha value is -3.66. The number of hydrogen-bond acceptors (Lipinski definition) is 5. The van der Waals surface area contributed by atoms with E-state index in [0.717, 1.165) is 5.56 Å². The van der Waals surface area contributed by atoms with Crippen molar-refractivity contribution in [1.29, 1.82) is 5.26 Å². The van der Waals surface area contributed by atoms with Crippen molar-refractivity contribution in [2.45, 2.75) is 6.92 Å². The Labute approximate surface area is 142 Å². The van der Waals surface area contributed by atoms with E-state index in [1.165, 1.54) is 31.4 Å². The van der Waals surface area contributed by atoms with Crippen LogP contribution in [0.1, 0.15) is 21.6 Å². The maximum atomic E-state index is 12.8. The number of ether oxygens (including phenoxy) is 1. The van der Waals surface area contributed by atoms with Gasteiger partial charge in [-0.25, -0.2) is 4.79 Å². The molecular weight excluding hydrogens is 322 g/mol.